The molecule has 1 N–H and O–H groups in total. The Hall–Kier alpha value is -0.170. The third kappa shape index (κ3) is 5.54. The second kappa shape index (κ2) is 5.65. The fourth-order valence-corrected chi connectivity index (χ4v) is 1.69. The van der Waals surface area contributed by atoms with Crippen LogP contribution in [0.2, 0.25) is 0 Å². The maximum Gasteiger partial charge on any atom is 0.148 e. The highest BCUT2D eigenvalue weighted by molar-refractivity contribution is 7.90. The van der Waals surface area contributed by atoms with Crippen molar-refractivity contribution in [2.45, 2.75) is 6.10 Å². The maximum absolute atomic E-state index is 10.8. The molecule has 0 spiro atoms. The van der Waals surface area contributed by atoms with Gasteiger partial charge in [0.25, 0.3) is 0 Å². The zero-order valence-corrected chi connectivity index (χ0v) is 9.18. The Kier molecular flexibility index (Phi) is 4.80. The lowest BCUT2D eigenvalue weighted by Crippen LogP contribution is -2.38. The summed E-state index contributed by atoms with van der Waals surface area (Å²) in [7, 11) is -2.86. The summed E-state index contributed by atoms with van der Waals surface area (Å²) in [6.45, 7) is 2.98. The number of hydrogen-bond acceptors (Lipinski definition) is 5. The van der Waals surface area contributed by atoms with E-state index in [0.29, 0.717) is 32.9 Å². The lowest BCUT2D eigenvalue weighted by Gasteiger charge is -2.23. The lowest BCUT2D eigenvalue weighted by molar-refractivity contribution is -0.0861. The van der Waals surface area contributed by atoms with Crippen LogP contribution in [0.15, 0.2) is 0 Å². The van der Waals surface area contributed by atoms with Gasteiger partial charge in [-0.15, -0.1) is 0 Å². The van der Waals surface area contributed by atoms with E-state index >= 15 is 0 Å². The molecule has 14 heavy (non-hydrogen) atoms. The minimum Gasteiger partial charge on any atom is -0.376 e. The Labute approximate surface area is 84.7 Å². The number of nitrogens with one attached hydrogen (secondary N) is 1. The summed E-state index contributed by atoms with van der Waals surface area (Å²) in [6, 6.07) is 0. The van der Waals surface area contributed by atoms with Gasteiger partial charge >= 0.3 is 0 Å². The average Bonchev–Trinajstić information content (AvgIpc) is 2.13. The molecule has 1 fully saturated rings. The summed E-state index contributed by atoms with van der Waals surface area (Å²) >= 11 is 0. The number of sulfone groups is 1. The monoisotopic (exact) mass is 223 g/mol. The second-order valence-electron chi connectivity index (χ2n) is 3.40. The predicted octanol–water partition coefficient (Wildman–Crippen LogP) is -0.964. The summed E-state index contributed by atoms with van der Waals surface area (Å²) < 4.78 is 32.1. The van der Waals surface area contributed by atoms with Gasteiger partial charge < -0.3 is 14.8 Å². The highest BCUT2D eigenvalue weighted by atomic mass is 32.2. The predicted molar refractivity (Wildman–Crippen MR) is 53.1 cm³/mol. The van der Waals surface area contributed by atoms with Crippen molar-refractivity contribution in [1.82, 2.24) is 5.32 Å². The van der Waals surface area contributed by atoms with Crippen molar-refractivity contribution in [2.24, 2.45) is 0 Å². The molecule has 0 saturated carbocycles. The summed E-state index contributed by atoms with van der Waals surface area (Å²) in [6.07, 6.45) is 1.29. The standard InChI is InChI=1S/C8H17NO4S/c1-14(10,11)5-2-9-6-8-7-12-3-4-13-8/h8-9H,2-7H2,1H3. The second-order valence-corrected chi connectivity index (χ2v) is 5.66. The van der Waals surface area contributed by atoms with Gasteiger partial charge in [0.1, 0.15) is 9.84 Å². The molecular formula is C8H17NO4S. The first-order valence-corrected chi connectivity index (χ1v) is 6.72. The molecule has 0 aliphatic carbocycles. The van der Waals surface area contributed by atoms with Gasteiger partial charge in [0, 0.05) is 19.3 Å². The first kappa shape index (κ1) is 11.9. The van der Waals surface area contributed by atoms with E-state index in [1.54, 1.807) is 0 Å². The van der Waals surface area contributed by atoms with Crippen LogP contribution in [0, 0.1) is 0 Å². The quantitative estimate of drug-likeness (QED) is 0.608. The average molecular weight is 223 g/mol. The molecule has 1 heterocycles. The van der Waals surface area contributed by atoms with Gasteiger partial charge in [-0.25, -0.2) is 8.42 Å². The molecular weight excluding hydrogens is 206 g/mol. The molecule has 0 amide bonds. The van der Waals surface area contributed by atoms with E-state index in [9.17, 15) is 8.42 Å². The summed E-state index contributed by atoms with van der Waals surface area (Å²) in [5.74, 6) is 0.167. The van der Waals surface area contributed by atoms with E-state index < -0.39 is 9.84 Å². The minimum atomic E-state index is -2.86. The minimum absolute atomic E-state index is 0.0586. The molecule has 6 heteroatoms. The molecule has 0 aromatic heterocycles. The van der Waals surface area contributed by atoms with Crippen LogP contribution in [-0.4, -0.2) is 59.4 Å². The Morgan fingerprint density at radius 3 is 2.79 bits per heavy atom. The topological polar surface area (TPSA) is 64.6 Å². The van der Waals surface area contributed by atoms with E-state index in [-0.39, 0.29) is 11.9 Å². The van der Waals surface area contributed by atoms with E-state index in [0.717, 1.165) is 0 Å². The smallest absolute Gasteiger partial charge is 0.148 e. The Balaban J connectivity index is 2.03. The first-order chi connectivity index (χ1) is 6.58. The van der Waals surface area contributed by atoms with E-state index in [2.05, 4.69) is 5.32 Å². The Morgan fingerprint density at radius 1 is 1.43 bits per heavy atom. The molecule has 5 nitrogen and oxygen atoms in total. The van der Waals surface area contributed by atoms with Crippen molar-refractivity contribution in [3.8, 4) is 0 Å². The number of rotatable bonds is 5. The molecule has 84 valence electrons. The molecule has 0 aromatic rings. The van der Waals surface area contributed by atoms with E-state index in [1.807, 2.05) is 0 Å². The van der Waals surface area contributed by atoms with Crippen molar-refractivity contribution >= 4 is 9.84 Å². The molecule has 0 bridgehead atoms. The molecule has 1 aliphatic rings. The molecule has 1 unspecified atom stereocenters. The van der Waals surface area contributed by atoms with Gasteiger partial charge in [-0.05, 0) is 0 Å². The largest absolute Gasteiger partial charge is 0.376 e. The highest BCUT2D eigenvalue weighted by Crippen LogP contribution is 1.98. The van der Waals surface area contributed by atoms with E-state index in [4.69, 9.17) is 9.47 Å². The number of ether oxygens (including phenoxy) is 2. The SMILES string of the molecule is CS(=O)(=O)CCNCC1COCCO1. The fraction of sp³-hybridized carbons (Fsp3) is 1.00. The third-order valence-corrected chi connectivity index (χ3v) is 2.85. The van der Waals surface area contributed by atoms with Crippen molar-refractivity contribution < 1.29 is 17.9 Å². The Bertz CT molecular complexity index is 246. The van der Waals surface area contributed by atoms with Crippen LogP contribution in [0.25, 0.3) is 0 Å². The van der Waals surface area contributed by atoms with Gasteiger partial charge in [0.15, 0.2) is 0 Å². The summed E-state index contributed by atoms with van der Waals surface area (Å²) in [5.41, 5.74) is 0. The van der Waals surface area contributed by atoms with Crippen LogP contribution in [0.4, 0.5) is 0 Å². The van der Waals surface area contributed by atoms with Crippen molar-refractivity contribution in [3.63, 3.8) is 0 Å². The normalized spacial score (nSPS) is 23.6. The van der Waals surface area contributed by atoms with Gasteiger partial charge in [-0.2, -0.15) is 0 Å². The van der Waals surface area contributed by atoms with Crippen LogP contribution < -0.4 is 5.32 Å². The zero-order valence-electron chi connectivity index (χ0n) is 8.36. The summed E-state index contributed by atoms with van der Waals surface area (Å²) in [4.78, 5) is 0. The molecule has 1 rings (SSSR count). The fourth-order valence-electron chi connectivity index (χ4n) is 1.18. The lowest BCUT2D eigenvalue weighted by atomic mass is 10.3. The highest BCUT2D eigenvalue weighted by Gasteiger charge is 2.13. The van der Waals surface area contributed by atoms with Gasteiger partial charge in [0.2, 0.25) is 0 Å². The van der Waals surface area contributed by atoms with Crippen molar-refractivity contribution in [1.29, 1.82) is 0 Å². The zero-order chi connectivity index (χ0) is 10.4. The van der Waals surface area contributed by atoms with Crippen LogP contribution in [0.3, 0.4) is 0 Å². The first-order valence-electron chi connectivity index (χ1n) is 4.66. The van der Waals surface area contributed by atoms with Crippen LogP contribution in [-0.2, 0) is 19.3 Å². The molecule has 0 radical (unpaired) electrons. The van der Waals surface area contributed by atoms with Gasteiger partial charge in [0.05, 0.1) is 31.7 Å². The van der Waals surface area contributed by atoms with Crippen LogP contribution >= 0.6 is 0 Å². The van der Waals surface area contributed by atoms with Crippen molar-refractivity contribution in [2.75, 3.05) is 44.9 Å². The van der Waals surface area contributed by atoms with Crippen molar-refractivity contribution in [3.05, 3.63) is 0 Å². The summed E-state index contributed by atoms with van der Waals surface area (Å²) in [5, 5.41) is 3.03. The Morgan fingerprint density at radius 2 is 2.21 bits per heavy atom. The molecule has 1 saturated heterocycles. The van der Waals surface area contributed by atoms with Gasteiger partial charge in [-0.1, -0.05) is 0 Å². The molecule has 1 aliphatic heterocycles. The van der Waals surface area contributed by atoms with E-state index in [1.165, 1.54) is 6.26 Å². The van der Waals surface area contributed by atoms with Crippen LogP contribution in [0.1, 0.15) is 0 Å². The van der Waals surface area contributed by atoms with Gasteiger partial charge in [-0.3, -0.25) is 0 Å². The third-order valence-electron chi connectivity index (χ3n) is 1.91. The maximum atomic E-state index is 10.8. The molecule has 1 atom stereocenters. The van der Waals surface area contributed by atoms with Crippen LogP contribution in [0.5, 0.6) is 0 Å². The number of hydrogen-bond donors (Lipinski definition) is 1. The molecule has 0 aromatic carbocycles.